The first-order valence-corrected chi connectivity index (χ1v) is 8.84. The maximum Gasteiger partial charge on any atom is 0.255 e. The summed E-state index contributed by atoms with van der Waals surface area (Å²) in [5.74, 6) is -0.0102. The Morgan fingerprint density at radius 2 is 2.04 bits per heavy atom. The number of benzene rings is 2. The van der Waals surface area contributed by atoms with Crippen molar-refractivity contribution in [1.29, 1.82) is 0 Å². The van der Waals surface area contributed by atoms with Gasteiger partial charge in [0.2, 0.25) is 4.96 Å². The van der Waals surface area contributed by atoms with Crippen molar-refractivity contribution in [2.24, 2.45) is 0 Å². The first-order valence-electron chi connectivity index (χ1n) is 8.02. The van der Waals surface area contributed by atoms with Crippen LogP contribution in [0.15, 0.2) is 48.5 Å². The van der Waals surface area contributed by atoms with Crippen LogP contribution in [-0.2, 0) is 6.42 Å². The van der Waals surface area contributed by atoms with Crippen molar-refractivity contribution in [3.8, 4) is 10.6 Å². The van der Waals surface area contributed by atoms with E-state index in [9.17, 15) is 9.18 Å². The van der Waals surface area contributed by atoms with Gasteiger partial charge < -0.3 is 5.32 Å². The van der Waals surface area contributed by atoms with E-state index in [4.69, 9.17) is 0 Å². The van der Waals surface area contributed by atoms with Crippen LogP contribution < -0.4 is 5.32 Å². The Hall–Kier alpha value is -3.13. The van der Waals surface area contributed by atoms with Gasteiger partial charge in [0.1, 0.15) is 10.8 Å². The van der Waals surface area contributed by atoms with Crippen molar-refractivity contribution >= 4 is 27.9 Å². The third kappa shape index (κ3) is 3.06. The quantitative estimate of drug-likeness (QED) is 0.595. The van der Waals surface area contributed by atoms with Crippen LogP contribution in [0.25, 0.3) is 15.5 Å². The Morgan fingerprint density at radius 1 is 1.19 bits per heavy atom. The van der Waals surface area contributed by atoms with Gasteiger partial charge in [0.25, 0.3) is 5.91 Å². The predicted molar refractivity (Wildman–Crippen MR) is 97.8 cm³/mol. The van der Waals surface area contributed by atoms with E-state index in [1.807, 2.05) is 25.1 Å². The van der Waals surface area contributed by atoms with E-state index >= 15 is 0 Å². The highest BCUT2D eigenvalue weighted by Crippen LogP contribution is 2.27. The molecule has 2 aromatic carbocycles. The van der Waals surface area contributed by atoms with Crippen LogP contribution in [-0.4, -0.2) is 25.7 Å². The lowest BCUT2D eigenvalue weighted by Gasteiger charge is -2.06. The van der Waals surface area contributed by atoms with E-state index in [1.165, 1.54) is 29.5 Å². The molecule has 130 valence electrons. The molecule has 0 radical (unpaired) electrons. The average Bonchev–Trinajstić information content (AvgIpc) is 3.22. The van der Waals surface area contributed by atoms with Gasteiger partial charge in [0.05, 0.1) is 0 Å². The van der Waals surface area contributed by atoms with Gasteiger partial charge in [0, 0.05) is 23.2 Å². The van der Waals surface area contributed by atoms with Crippen molar-refractivity contribution in [2.45, 2.75) is 13.3 Å². The summed E-state index contributed by atoms with van der Waals surface area (Å²) in [6, 6.07) is 12.9. The fourth-order valence-electron chi connectivity index (χ4n) is 2.56. The summed E-state index contributed by atoms with van der Waals surface area (Å²) in [4.78, 5) is 13.0. The number of fused-ring (bicyclic) bond motifs is 1. The largest absolute Gasteiger partial charge is 0.322 e. The molecule has 1 amide bonds. The number of anilines is 1. The molecule has 26 heavy (non-hydrogen) atoms. The monoisotopic (exact) mass is 367 g/mol. The summed E-state index contributed by atoms with van der Waals surface area (Å²) < 4.78 is 15.0. The van der Waals surface area contributed by atoms with E-state index < -0.39 is 5.82 Å². The molecule has 0 unspecified atom stereocenters. The third-order valence-corrected chi connectivity index (χ3v) is 4.77. The van der Waals surface area contributed by atoms with Crippen molar-refractivity contribution in [2.75, 3.05) is 5.32 Å². The van der Waals surface area contributed by atoms with Gasteiger partial charge in [-0.1, -0.05) is 36.5 Å². The SMILES string of the molecule is CCc1nnc2sc(-c3cccc(NC(=O)c4cccc(F)c4)c3)nn12. The van der Waals surface area contributed by atoms with Crippen molar-refractivity contribution in [1.82, 2.24) is 19.8 Å². The third-order valence-electron chi connectivity index (χ3n) is 3.83. The van der Waals surface area contributed by atoms with Crippen LogP contribution in [0.4, 0.5) is 10.1 Å². The molecule has 0 aliphatic rings. The van der Waals surface area contributed by atoms with Gasteiger partial charge in [-0.3, -0.25) is 4.79 Å². The van der Waals surface area contributed by atoms with Crippen molar-refractivity contribution in [3.63, 3.8) is 0 Å². The molecule has 2 aromatic heterocycles. The Labute approximate surface area is 152 Å². The number of hydrogen-bond donors (Lipinski definition) is 1. The Kier molecular flexibility index (Phi) is 4.18. The van der Waals surface area contributed by atoms with E-state index in [0.717, 1.165) is 27.8 Å². The Bertz CT molecular complexity index is 1100. The maximum absolute atomic E-state index is 13.3. The van der Waals surface area contributed by atoms with Crippen LogP contribution in [0, 0.1) is 5.82 Å². The standard InChI is InChI=1S/C18H14FN5OS/c1-2-15-21-22-18-24(15)23-17(26-18)12-6-4-8-14(10-12)20-16(25)11-5-3-7-13(19)9-11/h3-10H,2H2,1H3,(H,20,25). The number of carbonyl (C=O) groups is 1. The molecule has 0 saturated heterocycles. The Balaban J connectivity index is 1.61. The number of rotatable bonds is 4. The molecule has 1 N–H and O–H groups in total. The number of nitrogens with one attached hydrogen (secondary N) is 1. The molecular weight excluding hydrogens is 353 g/mol. The van der Waals surface area contributed by atoms with Gasteiger partial charge >= 0.3 is 0 Å². The molecule has 2 heterocycles. The zero-order valence-corrected chi connectivity index (χ0v) is 14.6. The lowest BCUT2D eigenvalue weighted by atomic mass is 10.2. The van der Waals surface area contributed by atoms with Gasteiger partial charge in [-0.2, -0.15) is 9.61 Å². The smallest absolute Gasteiger partial charge is 0.255 e. The minimum Gasteiger partial charge on any atom is -0.322 e. The normalized spacial score (nSPS) is 11.0. The zero-order chi connectivity index (χ0) is 18.1. The molecule has 0 aliphatic heterocycles. The van der Waals surface area contributed by atoms with E-state index in [1.54, 1.807) is 16.6 Å². The number of carbonyl (C=O) groups excluding carboxylic acids is 1. The number of aromatic nitrogens is 4. The Morgan fingerprint density at radius 3 is 2.85 bits per heavy atom. The molecule has 6 nitrogen and oxygen atoms in total. The van der Waals surface area contributed by atoms with Crippen LogP contribution in [0.1, 0.15) is 23.1 Å². The van der Waals surface area contributed by atoms with Crippen LogP contribution in [0.3, 0.4) is 0 Å². The highest BCUT2D eigenvalue weighted by Gasteiger charge is 2.13. The molecule has 0 spiro atoms. The molecule has 0 saturated carbocycles. The number of hydrogen-bond acceptors (Lipinski definition) is 5. The number of nitrogens with zero attached hydrogens (tertiary/aromatic N) is 4. The zero-order valence-electron chi connectivity index (χ0n) is 13.8. The minimum absolute atomic E-state index is 0.266. The van der Waals surface area contributed by atoms with E-state index in [0.29, 0.717) is 5.69 Å². The highest BCUT2D eigenvalue weighted by molar-refractivity contribution is 7.19. The molecule has 0 atom stereocenters. The lowest BCUT2D eigenvalue weighted by molar-refractivity contribution is 0.102. The van der Waals surface area contributed by atoms with Crippen molar-refractivity contribution in [3.05, 3.63) is 65.7 Å². The topological polar surface area (TPSA) is 72.2 Å². The molecule has 4 rings (SSSR count). The summed E-state index contributed by atoms with van der Waals surface area (Å²) in [5, 5.41) is 16.3. The van der Waals surface area contributed by atoms with Gasteiger partial charge in [-0.15, -0.1) is 10.2 Å². The second-order valence-electron chi connectivity index (χ2n) is 5.62. The van der Waals surface area contributed by atoms with Crippen molar-refractivity contribution < 1.29 is 9.18 Å². The molecular formula is C18H14FN5OS. The van der Waals surface area contributed by atoms with Crippen LogP contribution in [0.5, 0.6) is 0 Å². The summed E-state index contributed by atoms with van der Waals surface area (Å²) in [7, 11) is 0. The summed E-state index contributed by atoms with van der Waals surface area (Å²) >= 11 is 1.43. The number of halogens is 1. The summed E-state index contributed by atoms with van der Waals surface area (Å²) in [6.45, 7) is 2.00. The van der Waals surface area contributed by atoms with Gasteiger partial charge in [-0.05, 0) is 30.3 Å². The fourth-order valence-corrected chi connectivity index (χ4v) is 3.41. The summed E-state index contributed by atoms with van der Waals surface area (Å²) in [5.41, 5.74) is 1.74. The summed E-state index contributed by atoms with van der Waals surface area (Å²) in [6.07, 6.45) is 0.744. The lowest BCUT2D eigenvalue weighted by Crippen LogP contribution is -2.12. The highest BCUT2D eigenvalue weighted by atomic mass is 32.1. The van der Waals surface area contributed by atoms with Crippen LogP contribution in [0.2, 0.25) is 0 Å². The average molecular weight is 367 g/mol. The van der Waals surface area contributed by atoms with E-state index in [2.05, 4.69) is 20.6 Å². The second kappa shape index (κ2) is 6.64. The maximum atomic E-state index is 13.3. The molecule has 0 aliphatic carbocycles. The van der Waals surface area contributed by atoms with Gasteiger partial charge in [0.15, 0.2) is 5.82 Å². The van der Waals surface area contributed by atoms with Crippen LogP contribution >= 0.6 is 11.3 Å². The second-order valence-corrected chi connectivity index (χ2v) is 6.57. The molecule has 8 heteroatoms. The first kappa shape index (κ1) is 16.3. The molecule has 4 aromatic rings. The molecule has 0 fully saturated rings. The fraction of sp³-hybridized carbons (Fsp3) is 0.111. The van der Waals surface area contributed by atoms with Gasteiger partial charge in [-0.25, -0.2) is 4.39 Å². The first-order chi connectivity index (χ1) is 12.6. The number of amides is 1. The molecule has 0 bridgehead atoms. The van der Waals surface area contributed by atoms with E-state index in [-0.39, 0.29) is 11.5 Å². The number of aryl methyl sites for hydroxylation is 1. The predicted octanol–water partition coefficient (Wildman–Crippen LogP) is 3.81. The minimum atomic E-state index is -0.446.